The fourth-order valence-corrected chi connectivity index (χ4v) is 3.26. The molecule has 29 heavy (non-hydrogen) atoms. The molecule has 0 aliphatic carbocycles. The van der Waals surface area contributed by atoms with E-state index in [1.807, 2.05) is 0 Å². The summed E-state index contributed by atoms with van der Waals surface area (Å²) in [6, 6.07) is 10.3. The van der Waals surface area contributed by atoms with E-state index in [9.17, 15) is 10.1 Å². The van der Waals surface area contributed by atoms with E-state index >= 15 is 0 Å². The summed E-state index contributed by atoms with van der Waals surface area (Å²) < 4.78 is 21.2. The van der Waals surface area contributed by atoms with Gasteiger partial charge in [-0.15, -0.1) is 0 Å². The predicted octanol–water partition coefficient (Wildman–Crippen LogP) is 4.60. The second kappa shape index (κ2) is 8.14. The lowest BCUT2D eigenvalue weighted by atomic mass is 10.0. The number of nitrogens with one attached hydrogen (secondary N) is 1. The van der Waals surface area contributed by atoms with Crippen molar-refractivity contribution in [2.45, 2.75) is 6.92 Å². The Hall–Kier alpha value is -3.68. The molecule has 0 aliphatic heterocycles. The number of rotatable bonds is 7. The molecule has 0 bridgehead atoms. The maximum absolute atomic E-state index is 12.1. The Labute approximate surface area is 168 Å². The van der Waals surface area contributed by atoms with E-state index in [0.29, 0.717) is 51.1 Å². The molecule has 0 unspecified atom stereocenters. The van der Waals surface area contributed by atoms with Gasteiger partial charge in [0.1, 0.15) is 28.7 Å². The molecule has 3 rings (SSSR count). The van der Waals surface area contributed by atoms with Crippen molar-refractivity contribution in [1.29, 1.82) is 0 Å². The number of ether oxygens (including phenoxy) is 4. The fourth-order valence-electron chi connectivity index (χ4n) is 3.26. The van der Waals surface area contributed by atoms with Crippen LogP contribution in [0.3, 0.4) is 0 Å². The number of H-pyrrole nitrogens is 1. The van der Waals surface area contributed by atoms with Gasteiger partial charge < -0.3 is 23.9 Å². The molecular formula is C21H22N2O6. The van der Waals surface area contributed by atoms with Crippen LogP contribution in [0.4, 0.5) is 5.69 Å². The molecule has 3 aromatic rings. The highest BCUT2D eigenvalue weighted by Gasteiger charge is 2.28. The van der Waals surface area contributed by atoms with Gasteiger partial charge in [0, 0.05) is 23.4 Å². The lowest BCUT2D eigenvalue weighted by molar-refractivity contribution is -0.383. The molecule has 0 spiro atoms. The molecule has 0 saturated heterocycles. The highest BCUT2D eigenvalue weighted by Crippen LogP contribution is 2.44. The Kier molecular flexibility index (Phi) is 5.63. The first-order chi connectivity index (χ1) is 13.9. The third kappa shape index (κ3) is 3.82. The van der Waals surface area contributed by atoms with Gasteiger partial charge in [0.2, 0.25) is 0 Å². The number of methoxy groups -OCH3 is 4. The average Bonchev–Trinajstić information content (AvgIpc) is 3.10. The van der Waals surface area contributed by atoms with Crippen molar-refractivity contribution in [2.75, 3.05) is 28.4 Å². The first-order valence-corrected chi connectivity index (χ1v) is 8.75. The van der Waals surface area contributed by atoms with E-state index in [1.54, 1.807) is 43.3 Å². The second-order valence-electron chi connectivity index (χ2n) is 6.31. The van der Waals surface area contributed by atoms with Crippen LogP contribution in [0.15, 0.2) is 36.4 Å². The van der Waals surface area contributed by atoms with Gasteiger partial charge in [0.15, 0.2) is 0 Å². The van der Waals surface area contributed by atoms with E-state index in [4.69, 9.17) is 18.9 Å². The van der Waals surface area contributed by atoms with Gasteiger partial charge >= 0.3 is 5.69 Å². The summed E-state index contributed by atoms with van der Waals surface area (Å²) in [7, 11) is 6.12. The number of aryl methyl sites for hydroxylation is 1. The summed E-state index contributed by atoms with van der Waals surface area (Å²) in [6.07, 6.45) is 0. The zero-order valence-corrected chi connectivity index (χ0v) is 16.9. The number of hydrogen-bond donors (Lipinski definition) is 1. The predicted molar refractivity (Wildman–Crippen MR) is 109 cm³/mol. The average molecular weight is 398 g/mol. The largest absolute Gasteiger partial charge is 0.497 e. The standard InChI is InChI=1S/C21H22N2O6/c1-12-19(13-6-15(26-2)10-16(7-13)27-3)21(23(24)25)20(22-12)14-8-17(28-4)11-18(9-14)29-5/h6-11,22H,1-5H3. The van der Waals surface area contributed by atoms with E-state index in [1.165, 1.54) is 28.4 Å². The summed E-state index contributed by atoms with van der Waals surface area (Å²) in [6.45, 7) is 1.79. The van der Waals surface area contributed by atoms with Gasteiger partial charge in [-0.3, -0.25) is 10.1 Å². The molecule has 2 aromatic carbocycles. The Morgan fingerprint density at radius 3 is 1.55 bits per heavy atom. The number of hydrogen-bond acceptors (Lipinski definition) is 6. The van der Waals surface area contributed by atoms with E-state index in [-0.39, 0.29) is 5.69 Å². The molecule has 1 aromatic heterocycles. The fraction of sp³-hybridized carbons (Fsp3) is 0.238. The first-order valence-electron chi connectivity index (χ1n) is 8.75. The van der Waals surface area contributed by atoms with Crippen LogP contribution in [0.1, 0.15) is 5.69 Å². The monoisotopic (exact) mass is 398 g/mol. The van der Waals surface area contributed by atoms with Gasteiger partial charge in [-0.1, -0.05) is 0 Å². The number of nitrogens with zero attached hydrogens (tertiary/aromatic N) is 1. The number of aromatic nitrogens is 1. The molecule has 152 valence electrons. The molecule has 0 aliphatic rings. The van der Waals surface area contributed by atoms with Gasteiger partial charge in [-0.2, -0.15) is 0 Å². The Bertz CT molecular complexity index is 1010. The third-order valence-electron chi connectivity index (χ3n) is 4.62. The molecular weight excluding hydrogens is 376 g/mol. The summed E-state index contributed by atoms with van der Waals surface area (Å²) in [5.41, 5.74) is 2.61. The van der Waals surface area contributed by atoms with Crippen LogP contribution in [0.2, 0.25) is 0 Å². The van der Waals surface area contributed by atoms with Crippen molar-refractivity contribution in [2.24, 2.45) is 0 Å². The highest BCUT2D eigenvalue weighted by atomic mass is 16.6. The molecule has 0 fully saturated rings. The van der Waals surface area contributed by atoms with Crippen LogP contribution in [-0.2, 0) is 0 Å². The van der Waals surface area contributed by atoms with Crippen LogP contribution in [0.25, 0.3) is 22.4 Å². The van der Waals surface area contributed by atoms with Crippen LogP contribution >= 0.6 is 0 Å². The van der Waals surface area contributed by atoms with Gasteiger partial charge in [-0.25, -0.2) is 0 Å². The SMILES string of the molecule is COc1cc(OC)cc(-c2[nH]c(C)c(-c3cc(OC)cc(OC)c3)c2[N+](=O)[O-])c1. The maximum atomic E-state index is 12.1. The van der Waals surface area contributed by atoms with Gasteiger partial charge in [0.05, 0.1) is 38.9 Å². The van der Waals surface area contributed by atoms with Crippen molar-refractivity contribution in [3.05, 3.63) is 52.2 Å². The van der Waals surface area contributed by atoms with E-state index in [2.05, 4.69) is 4.98 Å². The van der Waals surface area contributed by atoms with E-state index < -0.39 is 4.92 Å². The number of nitro groups is 1. The van der Waals surface area contributed by atoms with Crippen LogP contribution in [0.5, 0.6) is 23.0 Å². The minimum absolute atomic E-state index is 0.0480. The van der Waals surface area contributed by atoms with Crippen molar-refractivity contribution >= 4 is 5.69 Å². The molecule has 0 atom stereocenters. The minimum Gasteiger partial charge on any atom is -0.497 e. The zero-order valence-electron chi connectivity index (χ0n) is 16.9. The Morgan fingerprint density at radius 2 is 1.17 bits per heavy atom. The Balaban J connectivity index is 2.28. The molecule has 8 heteroatoms. The van der Waals surface area contributed by atoms with Gasteiger partial charge in [0.25, 0.3) is 0 Å². The molecule has 1 N–H and O–H groups in total. The van der Waals surface area contributed by atoms with Crippen LogP contribution in [-0.4, -0.2) is 38.3 Å². The van der Waals surface area contributed by atoms with Crippen molar-refractivity contribution in [3.63, 3.8) is 0 Å². The van der Waals surface area contributed by atoms with Gasteiger partial charge in [-0.05, 0) is 36.8 Å². The third-order valence-corrected chi connectivity index (χ3v) is 4.62. The first kappa shape index (κ1) is 20.1. The molecule has 1 heterocycles. The minimum atomic E-state index is -0.397. The Morgan fingerprint density at radius 1 is 0.759 bits per heavy atom. The lowest BCUT2D eigenvalue weighted by Crippen LogP contribution is -1.94. The molecule has 0 radical (unpaired) electrons. The summed E-state index contributed by atoms with van der Waals surface area (Å²) in [5.74, 6) is 2.15. The van der Waals surface area contributed by atoms with E-state index in [0.717, 1.165) is 0 Å². The summed E-state index contributed by atoms with van der Waals surface area (Å²) in [4.78, 5) is 14.8. The van der Waals surface area contributed by atoms with Crippen molar-refractivity contribution < 1.29 is 23.9 Å². The molecule has 8 nitrogen and oxygen atoms in total. The quantitative estimate of drug-likeness (QED) is 0.462. The molecule has 0 saturated carbocycles. The topological polar surface area (TPSA) is 95.9 Å². The maximum Gasteiger partial charge on any atom is 0.302 e. The van der Waals surface area contributed by atoms with Crippen molar-refractivity contribution in [1.82, 2.24) is 4.98 Å². The zero-order chi connectivity index (χ0) is 21.1. The number of aromatic amines is 1. The summed E-state index contributed by atoms with van der Waals surface area (Å²) >= 11 is 0. The molecule has 0 amide bonds. The smallest absolute Gasteiger partial charge is 0.302 e. The second-order valence-corrected chi connectivity index (χ2v) is 6.31. The highest BCUT2D eigenvalue weighted by molar-refractivity contribution is 5.88. The normalized spacial score (nSPS) is 10.5. The summed E-state index contributed by atoms with van der Waals surface area (Å²) in [5, 5.41) is 12.1. The lowest BCUT2D eigenvalue weighted by Gasteiger charge is -2.09. The van der Waals surface area contributed by atoms with Crippen molar-refractivity contribution in [3.8, 4) is 45.4 Å². The number of benzene rings is 2. The van der Waals surface area contributed by atoms with Crippen LogP contribution < -0.4 is 18.9 Å². The van der Waals surface area contributed by atoms with Crippen LogP contribution in [0, 0.1) is 17.0 Å².